The first-order valence-electron chi connectivity index (χ1n) is 2.14. The molecule has 1 N–H and O–H groups in total. The van der Waals surface area contributed by atoms with Gasteiger partial charge in [-0.3, -0.25) is 9.00 Å². The van der Waals surface area contributed by atoms with Crippen LogP contribution in [-0.4, -0.2) is 76.2 Å². The van der Waals surface area contributed by atoms with Crippen molar-refractivity contribution >= 4 is 65.6 Å². The number of carboxylic acids is 1. The van der Waals surface area contributed by atoms with Gasteiger partial charge in [0.2, 0.25) is 0 Å². The van der Waals surface area contributed by atoms with Crippen LogP contribution in [0.1, 0.15) is 9.27 Å². The first-order chi connectivity index (χ1) is 3.63. The summed E-state index contributed by atoms with van der Waals surface area (Å²) in [6, 6.07) is 0. The molecule has 0 amide bonds. The van der Waals surface area contributed by atoms with Gasteiger partial charge in [0.15, 0.2) is 0 Å². The van der Waals surface area contributed by atoms with Gasteiger partial charge in [-0.1, -0.05) is 0 Å². The van der Waals surface area contributed by atoms with Crippen LogP contribution < -0.4 is 0 Å². The molecule has 0 fully saturated rings. The van der Waals surface area contributed by atoms with Crippen molar-refractivity contribution in [1.82, 2.24) is 0 Å². The third-order valence-corrected chi connectivity index (χ3v) is 1.38. The Balaban J connectivity index is -0.0000000817. The minimum Gasteiger partial charge on any atom is -1.00 e. The molecule has 0 radical (unpaired) electrons. The van der Waals surface area contributed by atoms with Gasteiger partial charge in [0.1, 0.15) is 0 Å². The molecule has 1 atom stereocenters. The first-order valence-corrected chi connectivity index (χ1v) is 3.87. The summed E-state index contributed by atoms with van der Waals surface area (Å²) in [5, 5.41) is 8.03. The van der Waals surface area contributed by atoms with Crippen LogP contribution in [0.5, 0.6) is 0 Å². The fraction of sp³-hybridized carbons (Fsp3) is 0.750. The molecular formula is C4H10BaO3S. The molecule has 0 aromatic rings. The Kier molecular flexibility index (Phi) is 10.4. The van der Waals surface area contributed by atoms with E-state index in [1.807, 2.05) is 0 Å². The number of hydrogen-bond donors (Lipinski definition) is 1. The number of rotatable bonds is 3. The summed E-state index contributed by atoms with van der Waals surface area (Å²) in [5.74, 6) is -0.629. The zero-order chi connectivity index (χ0) is 6.57. The molecule has 0 bridgehead atoms. The second kappa shape index (κ2) is 7.30. The van der Waals surface area contributed by atoms with Crippen molar-refractivity contribution in [1.29, 1.82) is 0 Å². The molecule has 0 aliphatic carbocycles. The van der Waals surface area contributed by atoms with Gasteiger partial charge in [-0.15, -0.1) is 0 Å². The van der Waals surface area contributed by atoms with E-state index in [1.165, 1.54) is 6.26 Å². The van der Waals surface area contributed by atoms with Gasteiger partial charge < -0.3 is 7.96 Å². The minimum absolute atomic E-state index is 0. The Hall–Kier alpha value is 1.19. The fourth-order valence-electron chi connectivity index (χ4n) is 0.231. The molecule has 0 aliphatic heterocycles. The zero-order valence-electron chi connectivity index (χ0n) is 7.29. The Labute approximate surface area is 99.7 Å². The average molecular weight is 276 g/mol. The molecule has 0 rings (SSSR count). The van der Waals surface area contributed by atoms with Crippen molar-refractivity contribution in [3.8, 4) is 0 Å². The second-order valence-corrected chi connectivity index (χ2v) is 2.98. The van der Waals surface area contributed by atoms with Gasteiger partial charge in [-0.25, -0.2) is 0 Å². The Morgan fingerprint density at radius 1 is 1.78 bits per heavy atom. The van der Waals surface area contributed by atoms with Crippen LogP contribution in [0.3, 0.4) is 0 Å². The molecule has 0 spiro atoms. The first kappa shape index (κ1) is 12.8. The van der Waals surface area contributed by atoms with E-state index in [-0.39, 0.29) is 63.9 Å². The normalized spacial score (nSPS) is 11.7. The topological polar surface area (TPSA) is 54.4 Å². The smallest absolute Gasteiger partial charge is 1.00 e. The van der Waals surface area contributed by atoms with Gasteiger partial charge in [0.25, 0.3) is 0 Å². The van der Waals surface area contributed by atoms with Crippen LogP contribution in [0.4, 0.5) is 0 Å². The number of hydrogen-bond acceptors (Lipinski definition) is 2. The van der Waals surface area contributed by atoms with Gasteiger partial charge in [-0.05, 0) is 0 Å². The van der Waals surface area contributed by atoms with E-state index in [2.05, 4.69) is 0 Å². The van der Waals surface area contributed by atoms with E-state index >= 15 is 0 Å². The predicted octanol–water partition coefficient (Wildman–Crippen LogP) is -0.316. The summed E-state index contributed by atoms with van der Waals surface area (Å²) in [6.07, 6.45) is 1.49. The third-order valence-electron chi connectivity index (χ3n) is 0.603. The number of aliphatic carboxylic acids is 1. The zero-order valence-corrected chi connectivity index (χ0v) is 10.6. The Morgan fingerprint density at radius 3 is 2.33 bits per heavy atom. The van der Waals surface area contributed by atoms with E-state index in [4.69, 9.17) is 5.11 Å². The van der Waals surface area contributed by atoms with Crippen LogP contribution >= 0.6 is 0 Å². The molecule has 0 aliphatic rings. The van der Waals surface area contributed by atoms with Gasteiger partial charge in [0.05, 0.1) is 6.42 Å². The standard InChI is InChI=1S/C4H8O3S.Ba.2H/c1-8(7)3-2-4(5)6;;;/h2-3H2,1H3,(H,5,6);;;/q;+2;2*-1. The summed E-state index contributed by atoms with van der Waals surface area (Å²) in [5.41, 5.74) is 0. The number of carbonyl (C=O) groups is 1. The van der Waals surface area contributed by atoms with Gasteiger partial charge >= 0.3 is 54.9 Å². The largest absolute Gasteiger partial charge is 2.00 e. The monoisotopic (exact) mass is 276 g/mol. The van der Waals surface area contributed by atoms with Crippen molar-refractivity contribution in [3.63, 3.8) is 0 Å². The Morgan fingerprint density at radius 2 is 2.22 bits per heavy atom. The van der Waals surface area contributed by atoms with Crippen molar-refractivity contribution in [2.45, 2.75) is 6.42 Å². The maximum atomic E-state index is 10.2. The van der Waals surface area contributed by atoms with Gasteiger partial charge in [-0.2, -0.15) is 0 Å². The van der Waals surface area contributed by atoms with Crippen molar-refractivity contribution in [2.24, 2.45) is 0 Å². The van der Waals surface area contributed by atoms with Gasteiger partial charge in [0, 0.05) is 22.8 Å². The van der Waals surface area contributed by atoms with Crippen LogP contribution in [-0.2, 0) is 15.6 Å². The molecule has 0 heterocycles. The molecular weight excluding hydrogens is 265 g/mol. The summed E-state index contributed by atoms with van der Waals surface area (Å²) in [7, 11) is -0.967. The molecule has 0 aromatic carbocycles. The molecule has 9 heavy (non-hydrogen) atoms. The summed E-state index contributed by atoms with van der Waals surface area (Å²) in [4.78, 5) is 9.77. The third kappa shape index (κ3) is 12.4. The van der Waals surface area contributed by atoms with Crippen molar-refractivity contribution in [3.05, 3.63) is 0 Å². The maximum Gasteiger partial charge on any atom is 2.00 e. The SMILES string of the molecule is CS(=O)CCC(=O)O.[Ba+2].[H-].[H-]. The van der Waals surface area contributed by atoms with E-state index in [0.717, 1.165) is 0 Å². The molecule has 5 heteroatoms. The molecule has 0 saturated carbocycles. The van der Waals surface area contributed by atoms with Crippen LogP contribution in [0.25, 0.3) is 0 Å². The molecule has 1 unspecified atom stereocenters. The molecule has 0 saturated heterocycles. The van der Waals surface area contributed by atoms with E-state index in [9.17, 15) is 9.00 Å². The summed E-state index contributed by atoms with van der Waals surface area (Å²) >= 11 is 0. The van der Waals surface area contributed by atoms with Crippen LogP contribution in [0.2, 0.25) is 0 Å². The second-order valence-electron chi connectivity index (χ2n) is 1.42. The van der Waals surface area contributed by atoms with Crippen LogP contribution in [0.15, 0.2) is 0 Å². The van der Waals surface area contributed by atoms with Crippen molar-refractivity contribution < 1.29 is 17.0 Å². The average Bonchev–Trinajstić information content (AvgIpc) is 1.61. The molecule has 0 aromatic heterocycles. The molecule has 3 nitrogen and oxygen atoms in total. The van der Waals surface area contributed by atoms with E-state index in [1.54, 1.807) is 0 Å². The molecule has 52 valence electrons. The summed E-state index contributed by atoms with van der Waals surface area (Å²) < 4.78 is 10.2. The van der Waals surface area contributed by atoms with E-state index in [0.29, 0.717) is 0 Å². The maximum absolute atomic E-state index is 10.2. The predicted molar refractivity (Wildman–Crippen MR) is 39.2 cm³/mol. The Bertz CT molecular complexity index is 108. The minimum atomic E-state index is -0.967. The van der Waals surface area contributed by atoms with E-state index < -0.39 is 16.8 Å². The van der Waals surface area contributed by atoms with Crippen molar-refractivity contribution in [2.75, 3.05) is 12.0 Å². The quantitative estimate of drug-likeness (QED) is 0.719. The fourth-order valence-corrected chi connectivity index (χ4v) is 0.693. The number of carboxylic acid groups (broad SMARTS) is 1. The summed E-state index contributed by atoms with van der Waals surface area (Å²) in [6.45, 7) is 0. The van der Waals surface area contributed by atoms with Crippen LogP contribution in [0, 0.1) is 0 Å².